The Bertz CT molecular complexity index is 862. The average molecular weight is 347 g/mol. The third-order valence-corrected chi connectivity index (χ3v) is 3.82. The predicted molar refractivity (Wildman–Crippen MR) is 102 cm³/mol. The molecule has 1 amide bonds. The van der Waals surface area contributed by atoms with Crippen molar-refractivity contribution < 1.29 is 9.59 Å². The summed E-state index contributed by atoms with van der Waals surface area (Å²) in [6, 6.07) is 16.7. The van der Waals surface area contributed by atoms with E-state index in [1.54, 1.807) is 24.3 Å². The topological polar surface area (TPSA) is 82.0 Å². The zero-order chi connectivity index (χ0) is 18.9. The van der Waals surface area contributed by atoms with Gasteiger partial charge in [0.05, 0.1) is 0 Å². The van der Waals surface area contributed by atoms with Crippen molar-refractivity contribution in [2.45, 2.75) is 20.3 Å². The van der Waals surface area contributed by atoms with Gasteiger partial charge in [0.15, 0.2) is 5.78 Å². The average Bonchev–Trinajstić information content (AvgIpc) is 2.63. The van der Waals surface area contributed by atoms with Gasteiger partial charge >= 0.3 is 0 Å². The SMILES string of the molecule is CC(=O)c1cccc(NC(=O)/C(C#N)=C\NCCc2ccc(C)cc2)c1. The van der Waals surface area contributed by atoms with Crippen LogP contribution in [0.3, 0.4) is 0 Å². The second kappa shape index (κ2) is 9.19. The maximum absolute atomic E-state index is 12.2. The minimum Gasteiger partial charge on any atom is -0.389 e. The third kappa shape index (κ3) is 5.60. The summed E-state index contributed by atoms with van der Waals surface area (Å²) in [6.45, 7) is 4.11. The van der Waals surface area contributed by atoms with Gasteiger partial charge in [-0.2, -0.15) is 5.26 Å². The number of benzene rings is 2. The molecule has 0 bridgehead atoms. The molecule has 0 aliphatic carbocycles. The first kappa shape index (κ1) is 18.9. The largest absolute Gasteiger partial charge is 0.389 e. The van der Waals surface area contributed by atoms with Gasteiger partial charge in [0.2, 0.25) is 0 Å². The summed E-state index contributed by atoms with van der Waals surface area (Å²) >= 11 is 0. The molecule has 2 aromatic carbocycles. The number of nitrogens with zero attached hydrogens (tertiary/aromatic N) is 1. The lowest BCUT2D eigenvalue weighted by Crippen LogP contribution is -2.18. The van der Waals surface area contributed by atoms with Crippen LogP contribution in [0.2, 0.25) is 0 Å². The minimum atomic E-state index is -0.518. The molecule has 26 heavy (non-hydrogen) atoms. The lowest BCUT2D eigenvalue weighted by Gasteiger charge is -2.06. The summed E-state index contributed by atoms with van der Waals surface area (Å²) in [7, 11) is 0. The predicted octanol–water partition coefficient (Wildman–Crippen LogP) is 3.38. The normalized spacial score (nSPS) is 10.7. The first-order valence-electron chi connectivity index (χ1n) is 8.31. The van der Waals surface area contributed by atoms with Crippen molar-refractivity contribution in [1.29, 1.82) is 5.26 Å². The Balaban J connectivity index is 1.92. The summed E-state index contributed by atoms with van der Waals surface area (Å²) in [5.74, 6) is -0.606. The highest BCUT2D eigenvalue weighted by Gasteiger charge is 2.10. The van der Waals surface area contributed by atoms with Crippen LogP contribution in [0.4, 0.5) is 5.69 Å². The summed E-state index contributed by atoms with van der Waals surface area (Å²) < 4.78 is 0. The smallest absolute Gasteiger partial charge is 0.267 e. The molecule has 0 saturated heterocycles. The lowest BCUT2D eigenvalue weighted by molar-refractivity contribution is -0.112. The van der Waals surface area contributed by atoms with Crippen molar-refractivity contribution in [3.8, 4) is 6.07 Å². The van der Waals surface area contributed by atoms with E-state index in [1.807, 2.05) is 13.0 Å². The van der Waals surface area contributed by atoms with E-state index in [0.29, 0.717) is 17.8 Å². The van der Waals surface area contributed by atoms with Gasteiger partial charge in [-0.15, -0.1) is 0 Å². The first-order valence-corrected chi connectivity index (χ1v) is 8.31. The maximum atomic E-state index is 12.2. The summed E-state index contributed by atoms with van der Waals surface area (Å²) in [5, 5.41) is 14.8. The van der Waals surface area contributed by atoms with Crippen LogP contribution in [-0.4, -0.2) is 18.2 Å². The van der Waals surface area contributed by atoms with Gasteiger partial charge in [-0.1, -0.05) is 42.0 Å². The molecule has 5 nitrogen and oxygen atoms in total. The molecule has 0 aliphatic rings. The molecule has 0 fully saturated rings. The van der Waals surface area contributed by atoms with E-state index < -0.39 is 5.91 Å². The van der Waals surface area contributed by atoms with Crippen LogP contribution < -0.4 is 10.6 Å². The molecule has 0 aromatic heterocycles. The molecule has 2 N–H and O–H groups in total. The molecule has 0 spiro atoms. The van der Waals surface area contributed by atoms with Crippen LogP contribution >= 0.6 is 0 Å². The highest BCUT2D eigenvalue weighted by molar-refractivity contribution is 6.07. The van der Waals surface area contributed by atoms with E-state index in [4.69, 9.17) is 0 Å². The zero-order valence-corrected chi connectivity index (χ0v) is 14.9. The summed E-state index contributed by atoms with van der Waals surface area (Å²) in [6.07, 6.45) is 2.20. The number of carbonyl (C=O) groups excluding carboxylic acids is 2. The number of amides is 1. The Morgan fingerprint density at radius 2 is 1.88 bits per heavy atom. The van der Waals surface area contributed by atoms with Crippen LogP contribution in [0, 0.1) is 18.3 Å². The quantitative estimate of drug-likeness (QED) is 0.348. The van der Waals surface area contributed by atoms with E-state index in [-0.39, 0.29) is 11.4 Å². The van der Waals surface area contributed by atoms with Gasteiger partial charge in [0.25, 0.3) is 5.91 Å². The Morgan fingerprint density at radius 1 is 1.15 bits per heavy atom. The van der Waals surface area contributed by atoms with Gasteiger partial charge in [-0.05, 0) is 38.0 Å². The second-order valence-electron chi connectivity index (χ2n) is 5.95. The summed E-state index contributed by atoms with van der Waals surface area (Å²) in [5.41, 5.74) is 3.34. The Labute approximate surface area is 153 Å². The number of aryl methyl sites for hydroxylation is 1. The van der Waals surface area contributed by atoms with Crippen molar-refractivity contribution >= 4 is 17.4 Å². The number of hydrogen-bond acceptors (Lipinski definition) is 4. The number of nitriles is 1. The Hall–Kier alpha value is -3.39. The number of rotatable bonds is 7. The van der Waals surface area contributed by atoms with E-state index in [2.05, 4.69) is 34.9 Å². The fourth-order valence-electron chi connectivity index (χ4n) is 2.31. The molecular weight excluding hydrogens is 326 g/mol. The highest BCUT2D eigenvalue weighted by Crippen LogP contribution is 2.12. The third-order valence-electron chi connectivity index (χ3n) is 3.82. The van der Waals surface area contributed by atoms with Gasteiger partial charge in [0.1, 0.15) is 11.6 Å². The molecule has 5 heteroatoms. The number of anilines is 1. The van der Waals surface area contributed by atoms with Crippen molar-refractivity contribution in [3.63, 3.8) is 0 Å². The van der Waals surface area contributed by atoms with Crippen molar-refractivity contribution in [2.75, 3.05) is 11.9 Å². The number of hydrogen-bond donors (Lipinski definition) is 2. The first-order chi connectivity index (χ1) is 12.5. The number of Topliss-reactive ketones (excluding diaryl/α,β-unsaturated/α-hetero) is 1. The van der Waals surface area contributed by atoms with Crippen LogP contribution in [0.5, 0.6) is 0 Å². The van der Waals surface area contributed by atoms with Crippen LogP contribution in [0.1, 0.15) is 28.4 Å². The van der Waals surface area contributed by atoms with Crippen LogP contribution in [0.15, 0.2) is 60.3 Å². The molecule has 132 valence electrons. The molecule has 0 saturated carbocycles. The molecule has 0 radical (unpaired) electrons. The Morgan fingerprint density at radius 3 is 2.54 bits per heavy atom. The summed E-state index contributed by atoms with van der Waals surface area (Å²) in [4.78, 5) is 23.6. The van der Waals surface area contributed by atoms with Crippen LogP contribution in [0.25, 0.3) is 0 Å². The number of carbonyl (C=O) groups is 2. The fourth-order valence-corrected chi connectivity index (χ4v) is 2.31. The minimum absolute atomic E-state index is 0.0258. The number of nitrogens with one attached hydrogen (secondary N) is 2. The molecule has 2 rings (SSSR count). The molecule has 0 atom stereocenters. The zero-order valence-electron chi connectivity index (χ0n) is 14.9. The molecule has 0 aliphatic heterocycles. The monoisotopic (exact) mass is 347 g/mol. The fraction of sp³-hybridized carbons (Fsp3) is 0.190. The molecular formula is C21H21N3O2. The Kier molecular flexibility index (Phi) is 6.69. The maximum Gasteiger partial charge on any atom is 0.267 e. The van der Waals surface area contributed by atoms with Crippen LogP contribution in [-0.2, 0) is 11.2 Å². The lowest BCUT2D eigenvalue weighted by atomic mass is 10.1. The van der Waals surface area contributed by atoms with Crippen molar-refractivity contribution in [2.24, 2.45) is 0 Å². The molecule has 2 aromatic rings. The van der Waals surface area contributed by atoms with Gasteiger partial charge in [0, 0.05) is 24.0 Å². The van der Waals surface area contributed by atoms with Gasteiger partial charge in [-0.25, -0.2) is 0 Å². The van der Waals surface area contributed by atoms with Crippen molar-refractivity contribution in [3.05, 3.63) is 77.0 Å². The molecule has 0 heterocycles. The van der Waals surface area contributed by atoms with E-state index >= 15 is 0 Å². The van der Waals surface area contributed by atoms with Gasteiger partial charge in [-0.3, -0.25) is 9.59 Å². The van der Waals surface area contributed by atoms with E-state index in [0.717, 1.165) is 6.42 Å². The number of ketones is 1. The highest BCUT2D eigenvalue weighted by atomic mass is 16.1. The second-order valence-corrected chi connectivity index (χ2v) is 5.95. The molecule has 0 unspecified atom stereocenters. The van der Waals surface area contributed by atoms with Gasteiger partial charge < -0.3 is 10.6 Å². The van der Waals surface area contributed by atoms with Crippen molar-refractivity contribution in [1.82, 2.24) is 5.32 Å². The van der Waals surface area contributed by atoms with E-state index in [9.17, 15) is 14.9 Å². The van der Waals surface area contributed by atoms with E-state index in [1.165, 1.54) is 24.3 Å². The standard InChI is InChI=1S/C21H21N3O2/c1-15-6-8-17(9-7-15)10-11-23-14-19(13-22)21(26)24-20-5-3-4-18(12-20)16(2)25/h3-9,12,14,23H,10-11H2,1-2H3,(H,24,26)/b19-14-.